The zero-order valence-electron chi connectivity index (χ0n) is 13.1. The predicted octanol–water partition coefficient (Wildman–Crippen LogP) is 2.63. The number of hydrogen-bond acceptors (Lipinski definition) is 4. The van der Waals surface area contributed by atoms with E-state index < -0.39 is 10.1 Å². The van der Waals surface area contributed by atoms with Crippen molar-refractivity contribution in [1.82, 2.24) is 4.90 Å². The lowest BCUT2D eigenvalue weighted by molar-refractivity contribution is 0.0195. The van der Waals surface area contributed by atoms with Gasteiger partial charge in [-0.3, -0.25) is 9.08 Å². The van der Waals surface area contributed by atoms with Crippen molar-refractivity contribution in [3.8, 4) is 0 Å². The molecule has 0 spiro atoms. The van der Waals surface area contributed by atoms with E-state index in [1.54, 1.807) is 0 Å². The van der Waals surface area contributed by atoms with Crippen LogP contribution in [0.4, 0.5) is 0 Å². The van der Waals surface area contributed by atoms with Crippen LogP contribution in [0.2, 0.25) is 0 Å². The Hall–Kier alpha value is -1.69. The van der Waals surface area contributed by atoms with E-state index in [1.807, 2.05) is 36.4 Å². The Bertz CT molecular complexity index is 731. The topological polar surface area (TPSA) is 46.6 Å². The third-order valence-corrected chi connectivity index (χ3v) is 4.84. The minimum absolute atomic E-state index is 0.0762. The Morgan fingerprint density at radius 2 is 1.65 bits per heavy atom. The van der Waals surface area contributed by atoms with Gasteiger partial charge in [0.15, 0.2) is 0 Å². The summed E-state index contributed by atoms with van der Waals surface area (Å²) >= 11 is 0. The highest BCUT2D eigenvalue weighted by molar-refractivity contribution is 7.85. The van der Waals surface area contributed by atoms with Crippen LogP contribution in [-0.4, -0.2) is 38.8 Å². The Morgan fingerprint density at radius 1 is 1.04 bits per heavy atom. The summed E-state index contributed by atoms with van der Waals surface area (Å²) < 4.78 is 27.8. The smallest absolute Gasteiger partial charge is 0.264 e. The van der Waals surface area contributed by atoms with Crippen molar-refractivity contribution in [2.24, 2.45) is 0 Å². The highest BCUT2D eigenvalue weighted by Crippen LogP contribution is 2.35. The number of rotatable bonds is 6. The molecule has 1 heterocycles. The average Bonchev–Trinajstić information content (AvgIpc) is 2.52. The summed E-state index contributed by atoms with van der Waals surface area (Å²) in [7, 11) is -3.42. The van der Waals surface area contributed by atoms with E-state index >= 15 is 0 Å². The fourth-order valence-electron chi connectivity index (χ4n) is 3.07. The minimum atomic E-state index is -3.42. The summed E-state index contributed by atoms with van der Waals surface area (Å²) in [6.07, 6.45) is 1.10. The summed E-state index contributed by atoms with van der Waals surface area (Å²) in [4.78, 5) is 2.28. The highest BCUT2D eigenvalue weighted by Gasteiger charge is 2.40. The molecule has 0 aromatic heterocycles. The lowest BCUT2D eigenvalue weighted by Crippen LogP contribution is -2.56. The van der Waals surface area contributed by atoms with Gasteiger partial charge in [0, 0.05) is 25.0 Å². The molecule has 1 aliphatic heterocycles. The molecule has 2 aromatic carbocycles. The van der Waals surface area contributed by atoms with Gasteiger partial charge in [0.25, 0.3) is 10.1 Å². The molecule has 1 aliphatic rings. The molecule has 122 valence electrons. The van der Waals surface area contributed by atoms with Crippen LogP contribution in [0.25, 0.3) is 0 Å². The summed E-state index contributed by atoms with van der Waals surface area (Å²) in [5, 5.41) is 0. The molecule has 0 bridgehead atoms. The summed E-state index contributed by atoms with van der Waals surface area (Å²) in [6, 6.07) is 20.5. The molecule has 1 fully saturated rings. The normalized spacial score (nSPS) is 21.8. The van der Waals surface area contributed by atoms with E-state index in [-0.39, 0.29) is 12.6 Å². The molecule has 2 aromatic rings. The Balaban J connectivity index is 1.72. The number of nitrogens with zero attached hydrogens (tertiary/aromatic N) is 1. The van der Waals surface area contributed by atoms with Gasteiger partial charge in [-0.25, -0.2) is 0 Å². The number of benzene rings is 2. The van der Waals surface area contributed by atoms with E-state index in [9.17, 15) is 8.42 Å². The van der Waals surface area contributed by atoms with Gasteiger partial charge in [0.05, 0.1) is 12.9 Å². The Kier molecular flexibility index (Phi) is 4.80. The molecule has 5 heteroatoms. The Morgan fingerprint density at radius 3 is 2.26 bits per heavy atom. The second-order valence-corrected chi connectivity index (χ2v) is 7.63. The number of likely N-dealkylation sites (tertiary alicyclic amines) is 1. The summed E-state index contributed by atoms with van der Waals surface area (Å²) in [5.74, 6) is 0.307. The molecule has 0 aliphatic carbocycles. The van der Waals surface area contributed by atoms with Gasteiger partial charge in [-0.2, -0.15) is 8.42 Å². The van der Waals surface area contributed by atoms with Crippen molar-refractivity contribution >= 4 is 10.1 Å². The largest absolute Gasteiger partial charge is 0.292 e. The second-order valence-electron chi connectivity index (χ2n) is 5.99. The van der Waals surface area contributed by atoms with Crippen LogP contribution in [-0.2, 0) is 20.8 Å². The molecule has 2 atom stereocenters. The van der Waals surface area contributed by atoms with Gasteiger partial charge in [0.1, 0.15) is 0 Å². The van der Waals surface area contributed by atoms with Crippen molar-refractivity contribution in [3.63, 3.8) is 0 Å². The fraction of sp³-hybridized carbons (Fsp3) is 0.333. The summed E-state index contributed by atoms with van der Waals surface area (Å²) in [6.45, 7) is 1.92. The molecule has 0 amide bonds. The van der Waals surface area contributed by atoms with Gasteiger partial charge < -0.3 is 0 Å². The van der Waals surface area contributed by atoms with Crippen molar-refractivity contribution in [1.29, 1.82) is 0 Å². The van der Waals surface area contributed by atoms with Gasteiger partial charge in [-0.1, -0.05) is 60.7 Å². The van der Waals surface area contributed by atoms with E-state index in [2.05, 4.69) is 29.2 Å². The first-order chi connectivity index (χ1) is 11.0. The Labute approximate surface area is 137 Å². The zero-order chi connectivity index (χ0) is 16.3. The highest BCUT2D eigenvalue weighted by atomic mass is 32.2. The van der Waals surface area contributed by atoms with E-state index in [4.69, 9.17) is 4.18 Å². The standard InChI is InChI=1S/C18H21NO3S/c1-23(20,21)22-14-18-17(16-10-6-3-7-11-16)13-19(18)12-15-8-4-2-5-9-15/h2-11,17-18H,12-14H2,1H3/t17-,18-/m0/s1. The zero-order valence-corrected chi connectivity index (χ0v) is 13.9. The molecule has 1 saturated heterocycles. The van der Waals surface area contributed by atoms with Crippen molar-refractivity contribution in [2.75, 3.05) is 19.4 Å². The summed E-state index contributed by atoms with van der Waals surface area (Å²) in [5.41, 5.74) is 2.46. The first kappa shape index (κ1) is 16.2. The minimum Gasteiger partial charge on any atom is -0.292 e. The van der Waals surface area contributed by atoms with Crippen LogP contribution in [0.3, 0.4) is 0 Å². The maximum Gasteiger partial charge on any atom is 0.264 e. The maximum absolute atomic E-state index is 11.3. The molecule has 3 rings (SSSR count). The monoisotopic (exact) mass is 331 g/mol. The van der Waals surface area contributed by atoms with E-state index in [0.29, 0.717) is 5.92 Å². The lowest BCUT2D eigenvalue weighted by atomic mass is 9.82. The third-order valence-electron chi connectivity index (χ3n) is 4.27. The van der Waals surface area contributed by atoms with Crippen molar-refractivity contribution < 1.29 is 12.6 Å². The average molecular weight is 331 g/mol. The van der Waals surface area contributed by atoms with Crippen molar-refractivity contribution in [3.05, 3.63) is 71.8 Å². The molecule has 23 heavy (non-hydrogen) atoms. The third kappa shape index (κ3) is 4.19. The van der Waals surface area contributed by atoms with Gasteiger partial charge in [-0.05, 0) is 11.1 Å². The predicted molar refractivity (Wildman–Crippen MR) is 90.6 cm³/mol. The van der Waals surface area contributed by atoms with E-state index in [1.165, 1.54) is 11.1 Å². The van der Waals surface area contributed by atoms with E-state index in [0.717, 1.165) is 19.3 Å². The van der Waals surface area contributed by atoms with Gasteiger partial charge in [0.2, 0.25) is 0 Å². The fourth-order valence-corrected chi connectivity index (χ4v) is 3.46. The number of hydrogen-bond donors (Lipinski definition) is 0. The molecule has 0 unspecified atom stereocenters. The van der Waals surface area contributed by atoms with Crippen LogP contribution in [0, 0.1) is 0 Å². The SMILES string of the molecule is CS(=O)(=O)OC[C@H]1[C@H](c2ccccc2)CN1Cc1ccccc1. The van der Waals surface area contributed by atoms with Gasteiger partial charge >= 0.3 is 0 Å². The molecule has 4 nitrogen and oxygen atoms in total. The van der Waals surface area contributed by atoms with Crippen LogP contribution < -0.4 is 0 Å². The van der Waals surface area contributed by atoms with Crippen LogP contribution >= 0.6 is 0 Å². The quantitative estimate of drug-likeness (QED) is 0.764. The van der Waals surface area contributed by atoms with Crippen LogP contribution in [0.1, 0.15) is 17.0 Å². The molecule has 0 N–H and O–H groups in total. The molecular formula is C18H21NO3S. The van der Waals surface area contributed by atoms with Crippen molar-refractivity contribution in [2.45, 2.75) is 18.5 Å². The maximum atomic E-state index is 11.3. The van der Waals surface area contributed by atoms with Crippen LogP contribution in [0.15, 0.2) is 60.7 Å². The molecule has 0 radical (unpaired) electrons. The van der Waals surface area contributed by atoms with Crippen LogP contribution in [0.5, 0.6) is 0 Å². The molecular weight excluding hydrogens is 310 g/mol. The van der Waals surface area contributed by atoms with Gasteiger partial charge in [-0.15, -0.1) is 0 Å². The second kappa shape index (κ2) is 6.83. The first-order valence-corrected chi connectivity index (χ1v) is 9.52. The molecule has 0 saturated carbocycles. The first-order valence-electron chi connectivity index (χ1n) is 7.70. The lowest BCUT2D eigenvalue weighted by Gasteiger charge is -2.48.